The third kappa shape index (κ3) is 4.17. The Morgan fingerprint density at radius 3 is 2.39 bits per heavy atom. The lowest BCUT2D eigenvalue weighted by Gasteiger charge is -2.19. The number of halogens is 1. The van der Waals surface area contributed by atoms with Gasteiger partial charge in [0, 0.05) is 12.5 Å². The fraction of sp³-hybridized carbons (Fsp3) is 0.312. The van der Waals surface area contributed by atoms with Crippen molar-refractivity contribution in [2.75, 3.05) is 6.54 Å². The second-order valence-corrected chi connectivity index (χ2v) is 8.72. The summed E-state index contributed by atoms with van der Waals surface area (Å²) in [5.41, 5.74) is 0.448. The summed E-state index contributed by atoms with van der Waals surface area (Å²) in [7, 11) is -3.66. The zero-order chi connectivity index (χ0) is 17.0. The molecule has 1 aromatic carbocycles. The summed E-state index contributed by atoms with van der Waals surface area (Å²) in [5, 5.41) is 3.38. The highest BCUT2D eigenvalue weighted by molar-refractivity contribution is 7.93. The van der Waals surface area contributed by atoms with Crippen LogP contribution in [0.5, 0.6) is 0 Å². The van der Waals surface area contributed by atoms with Crippen LogP contribution in [0.25, 0.3) is 0 Å². The van der Waals surface area contributed by atoms with E-state index in [-0.39, 0.29) is 22.6 Å². The molecule has 1 N–H and O–H groups in total. The molecule has 2 aromatic rings. The molecule has 124 valence electrons. The molecule has 0 saturated carbocycles. The van der Waals surface area contributed by atoms with Gasteiger partial charge < -0.3 is 5.32 Å². The zero-order valence-electron chi connectivity index (χ0n) is 12.8. The highest BCUT2D eigenvalue weighted by Crippen LogP contribution is 2.31. The van der Waals surface area contributed by atoms with Crippen LogP contribution in [0.15, 0.2) is 46.0 Å². The molecule has 0 aliphatic carbocycles. The first-order chi connectivity index (χ1) is 10.8. The van der Waals surface area contributed by atoms with E-state index in [1.54, 1.807) is 25.3 Å². The Bertz CT molecular complexity index is 753. The number of rotatable bonds is 6. The number of benzene rings is 1. The van der Waals surface area contributed by atoms with E-state index in [2.05, 4.69) is 5.32 Å². The molecule has 23 heavy (non-hydrogen) atoms. The summed E-state index contributed by atoms with van der Waals surface area (Å²) in [5.74, 6) is -0.904. The maximum atomic E-state index is 13.1. The van der Waals surface area contributed by atoms with Crippen LogP contribution in [-0.2, 0) is 14.6 Å². The van der Waals surface area contributed by atoms with Crippen LogP contribution >= 0.6 is 11.3 Å². The molecule has 0 radical (unpaired) electrons. The Kier molecular flexibility index (Phi) is 5.54. The van der Waals surface area contributed by atoms with Gasteiger partial charge in [-0.05, 0) is 29.1 Å². The van der Waals surface area contributed by atoms with E-state index in [1.165, 1.54) is 30.3 Å². The number of amides is 1. The standard InChI is InChI=1S/C16H18FNO3S2/c1-11(2)16(19)18-10-14(12-5-7-13(17)8-6-12)23(20,21)15-4-3-9-22-15/h3-9,11,14H,10H2,1-2H3,(H,18,19)/t14-/m0/s1. The number of thiophene rings is 1. The van der Waals surface area contributed by atoms with Crippen molar-refractivity contribution in [1.29, 1.82) is 0 Å². The lowest BCUT2D eigenvalue weighted by Crippen LogP contribution is -2.34. The Hall–Kier alpha value is -1.73. The Morgan fingerprint density at radius 1 is 1.22 bits per heavy atom. The van der Waals surface area contributed by atoms with E-state index in [0.29, 0.717) is 5.56 Å². The molecule has 4 nitrogen and oxygen atoms in total. The molecule has 0 aliphatic heterocycles. The van der Waals surface area contributed by atoms with Gasteiger partial charge in [0.05, 0.1) is 0 Å². The first-order valence-corrected chi connectivity index (χ1v) is 9.55. The first-order valence-electron chi connectivity index (χ1n) is 7.13. The van der Waals surface area contributed by atoms with Crippen molar-refractivity contribution < 1.29 is 17.6 Å². The minimum Gasteiger partial charge on any atom is -0.354 e. The van der Waals surface area contributed by atoms with Crippen LogP contribution in [0.2, 0.25) is 0 Å². The Labute approximate surface area is 139 Å². The summed E-state index contributed by atoms with van der Waals surface area (Å²) in [6.07, 6.45) is 0. The third-order valence-electron chi connectivity index (χ3n) is 3.38. The van der Waals surface area contributed by atoms with Gasteiger partial charge in [-0.1, -0.05) is 32.0 Å². The second kappa shape index (κ2) is 7.23. The third-order valence-corrected chi connectivity index (χ3v) is 6.91. The van der Waals surface area contributed by atoms with Gasteiger partial charge in [0.2, 0.25) is 5.91 Å². The van der Waals surface area contributed by atoms with E-state index >= 15 is 0 Å². The maximum absolute atomic E-state index is 13.1. The molecule has 0 bridgehead atoms. The first kappa shape index (κ1) is 17.6. The topological polar surface area (TPSA) is 63.2 Å². The summed E-state index contributed by atoms with van der Waals surface area (Å²) >= 11 is 1.12. The van der Waals surface area contributed by atoms with E-state index < -0.39 is 20.9 Å². The molecule has 0 unspecified atom stereocenters. The summed E-state index contributed by atoms with van der Waals surface area (Å²) in [4.78, 5) is 11.8. The van der Waals surface area contributed by atoms with E-state index in [4.69, 9.17) is 0 Å². The van der Waals surface area contributed by atoms with Crippen LogP contribution in [0.1, 0.15) is 24.7 Å². The number of nitrogens with one attached hydrogen (secondary N) is 1. The minimum atomic E-state index is -3.66. The molecule has 0 saturated heterocycles. The van der Waals surface area contributed by atoms with Crippen molar-refractivity contribution in [2.45, 2.75) is 23.3 Å². The molecule has 0 fully saturated rings. The lowest BCUT2D eigenvalue weighted by molar-refractivity contribution is -0.123. The van der Waals surface area contributed by atoms with Gasteiger partial charge in [-0.3, -0.25) is 4.79 Å². The average Bonchev–Trinajstić information content (AvgIpc) is 3.03. The van der Waals surface area contributed by atoms with Crippen molar-refractivity contribution in [2.24, 2.45) is 5.92 Å². The quantitative estimate of drug-likeness (QED) is 0.866. The fourth-order valence-electron chi connectivity index (χ4n) is 2.05. The normalized spacial score (nSPS) is 13.0. The molecule has 0 aliphatic rings. The highest BCUT2D eigenvalue weighted by Gasteiger charge is 2.30. The van der Waals surface area contributed by atoms with E-state index in [0.717, 1.165) is 11.3 Å². The monoisotopic (exact) mass is 355 g/mol. The summed E-state index contributed by atoms with van der Waals surface area (Å²) in [6.45, 7) is 3.41. The van der Waals surface area contributed by atoms with Gasteiger partial charge in [-0.15, -0.1) is 11.3 Å². The molecule has 7 heteroatoms. The molecule has 2 rings (SSSR count). The van der Waals surface area contributed by atoms with E-state index in [9.17, 15) is 17.6 Å². The van der Waals surface area contributed by atoms with Crippen molar-refractivity contribution >= 4 is 27.1 Å². The minimum absolute atomic E-state index is 0.0527. The van der Waals surface area contributed by atoms with Gasteiger partial charge in [0.15, 0.2) is 9.84 Å². The maximum Gasteiger partial charge on any atom is 0.222 e. The van der Waals surface area contributed by atoms with Crippen molar-refractivity contribution in [1.82, 2.24) is 5.32 Å². The number of carbonyl (C=O) groups is 1. The van der Waals surface area contributed by atoms with Crippen molar-refractivity contribution in [3.63, 3.8) is 0 Å². The van der Waals surface area contributed by atoms with E-state index in [1.807, 2.05) is 0 Å². The smallest absolute Gasteiger partial charge is 0.222 e. The van der Waals surface area contributed by atoms with Crippen LogP contribution in [0.4, 0.5) is 4.39 Å². The molecule has 1 amide bonds. The molecule has 1 atom stereocenters. The molecular formula is C16H18FNO3S2. The van der Waals surface area contributed by atoms with Crippen LogP contribution in [0, 0.1) is 11.7 Å². The number of hydrogen-bond donors (Lipinski definition) is 1. The average molecular weight is 355 g/mol. The van der Waals surface area contributed by atoms with Crippen molar-refractivity contribution in [3.8, 4) is 0 Å². The van der Waals surface area contributed by atoms with Crippen molar-refractivity contribution in [3.05, 3.63) is 53.2 Å². The molecule has 1 aromatic heterocycles. The predicted molar refractivity (Wildman–Crippen MR) is 88.5 cm³/mol. The molecule has 0 spiro atoms. The van der Waals surface area contributed by atoms with Crippen LogP contribution in [0.3, 0.4) is 0 Å². The molecular weight excluding hydrogens is 337 g/mol. The summed E-state index contributed by atoms with van der Waals surface area (Å²) < 4.78 is 39.0. The van der Waals surface area contributed by atoms with Crippen LogP contribution in [-0.4, -0.2) is 20.9 Å². The predicted octanol–water partition coefficient (Wildman–Crippen LogP) is 3.17. The fourth-order valence-corrected chi connectivity index (χ4v) is 4.91. The zero-order valence-corrected chi connectivity index (χ0v) is 14.5. The van der Waals surface area contributed by atoms with Gasteiger partial charge in [0.1, 0.15) is 15.3 Å². The van der Waals surface area contributed by atoms with Crippen LogP contribution < -0.4 is 5.32 Å². The number of carbonyl (C=O) groups excluding carboxylic acids is 1. The van der Waals surface area contributed by atoms with Gasteiger partial charge in [0.25, 0.3) is 0 Å². The number of hydrogen-bond acceptors (Lipinski definition) is 4. The van der Waals surface area contributed by atoms with Gasteiger partial charge >= 0.3 is 0 Å². The molecule has 1 heterocycles. The Balaban J connectivity index is 2.35. The highest BCUT2D eigenvalue weighted by atomic mass is 32.2. The summed E-state index contributed by atoms with van der Waals surface area (Å²) in [6, 6.07) is 8.50. The second-order valence-electron chi connectivity index (χ2n) is 5.42. The number of sulfone groups is 1. The van der Waals surface area contributed by atoms with Gasteiger partial charge in [-0.25, -0.2) is 12.8 Å². The SMILES string of the molecule is CC(C)C(=O)NC[C@@H](c1ccc(F)cc1)S(=O)(=O)c1cccs1. The largest absolute Gasteiger partial charge is 0.354 e. The Morgan fingerprint density at radius 2 is 1.87 bits per heavy atom. The lowest BCUT2D eigenvalue weighted by atomic mass is 10.1. The van der Waals surface area contributed by atoms with Gasteiger partial charge in [-0.2, -0.15) is 0 Å².